The van der Waals surface area contributed by atoms with Crippen LogP contribution in [0.2, 0.25) is 0 Å². The molecule has 0 bridgehead atoms. The molecule has 1 aromatic carbocycles. The van der Waals surface area contributed by atoms with Gasteiger partial charge in [-0.15, -0.1) is 0 Å². The van der Waals surface area contributed by atoms with Gasteiger partial charge in [-0.05, 0) is 66.3 Å². The summed E-state index contributed by atoms with van der Waals surface area (Å²) < 4.78 is 11.6. The highest BCUT2D eigenvalue weighted by molar-refractivity contribution is 7.76. The second kappa shape index (κ2) is 8.41. The van der Waals surface area contributed by atoms with Crippen LogP contribution in [0.15, 0.2) is 53.8 Å². The van der Waals surface area contributed by atoms with Crippen LogP contribution < -0.4 is 4.52 Å². The molecule has 0 aliphatic heterocycles. The van der Waals surface area contributed by atoms with Crippen LogP contribution in [0.5, 0.6) is 5.75 Å². The van der Waals surface area contributed by atoms with Gasteiger partial charge < -0.3 is 9.05 Å². The third kappa shape index (κ3) is 4.63. The fraction of sp³-hybridized carbons (Fsp3) is 0.333. The fourth-order valence-corrected chi connectivity index (χ4v) is 3.44. The number of halogens is 1. The van der Waals surface area contributed by atoms with E-state index in [2.05, 4.69) is 38.1 Å². The van der Waals surface area contributed by atoms with Crippen LogP contribution in [0.25, 0.3) is 0 Å². The lowest BCUT2D eigenvalue weighted by Gasteiger charge is -2.17. The van der Waals surface area contributed by atoms with Crippen molar-refractivity contribution in [1.29, 1.82) is 0 Å². The zero-order valence-electron chi connectivity index (χ0n) is 13.3. The maximum atomic E-state index is 6.30. The number of allylic oxidation sites excluding steroid dienone is 5. The van der Waals surface area contributed by atoms with Gasteiger partial charge in [0.2, 0.25) is 0 Å². The summed E-state index contributed by atoms with van der Waals surface area (Å²) in [5.74, 6) is 1.59. The first kappa shape index (κ1) is 17.1. The molecular formula is C18H22ClO2P. The van der Waals surface area contributed by atoms with Crippen LogP contribution in [0.3, 0.4) is 0 Å². The molecule has 1 aliphatic rings. The standard InChI is InChI=1S/C18H22ClO2P/c1-4-15-11-12-17(14(3)13-15)20-22(19)21-18-10-8-6-7-9-16(18)5-2/h6,8-13H,4-5,7H2,1-3H3. The van der Waals surface area contributed by atoms with Crippen LogP contribution in [0.1, 0.15) is 37.8 Å². The Kier molecular flexibility index (Phi) is 6.54. The molecule has 0 N–H and O–H groups in total. The second-order valence-corrected chi connectivity index (χ2v) is 6.74. The lowest BCUT2D eigenvalue weighted by Crippen LogP contribution is -1.95. The highest BCUT2D eigenvalue weighted by Crippen LogP contribution is 2.48. The van der Waals surface area contributed by atoms with Gasteiger partial charge in [0.05, 0.1) is 0 Å². The summed E-state index contributed by atoms with van der Waals surface area (Å²) in [6, 6.07) is 6.15. The van der Waals surface area contributed by atoms with E-state index in [0.717, 1.165) is 36.3 Å². The molecule has 0 fully saturated rings. The highest BCUT2D eigenvalue weighted by Gasteiger charge is 2.16. The van der Waals surface area contributed by atoms with Crippen LogP contribution >= 0.6 is 19.0 Å². The van der Waals surface area contributed by atoms with Crippen LogP contribution in [0.4, 0.5) is 0 Å². The minimum absolute atomic E-state index is 0.783. The van der Waals surface area contributed by atoms with E-state index in [0.29, 0.717) is 0 Å². The Morgan fingerprint density at radius 1 is 1.18 bits per heavy atom. The Bertz CT molecular complexity index is 605. The van der Waals surface area contributed by atoms with Gasteiger partial charge in [0.25, 0.3) is 0 Å². The number of hydrogen-bond donors (Lipinski definition) is 0. The van der Waals surface area contributed by atoms with Gasteiger partial charge in [0, 0.05) is 0 Å². The van der Waals surface area contributed by atoms with Crippen molar-refractivity contribution in [1.82, 2.24) is 0 Å². The molecule has 0 radical (unpaired) electrons. The summed E-state index contributed by atoms with van der Waals surface area (Å²) in [5, 5.41) is 0. The Morgan fingerprint density at radius 3 is 2.68 bits per heavy atom. The van der Waals surface area contributed by atoms with Crippen molar-refractivity contribution in [2.75, 3.05) is 0 Å². The van der Waals surface area contributed by atoms with E-state index in [-0.39, 0.29) is 0 Å². The smallest absolute Gasteiger partial charge is 0.401 e. The molecular weight excluding hydrogens is 315 g/mol. The van der Waals surface area contributed by atoms with E-state index < -0.39 is 7.73 Å². The molecule has 1 atom stereocenters. The molecule has 0 heterocycles. The van der Waals surface area contributed by atoms with Crippen molar-refractivity contribution in [3.05, 3.63) is 65.0 Å². The molecule has 2 rings (SSSR count). The van der Waals surface area contributed by atoms with Crippen LogP contribution in [-0.2, 0) is 10.9 Å². The van der Waals surface area contributed by atoms with Gasteiger partial charge in [-0.25, -0.2) is 0 Å². The zero-order valence-corrected chi connectivity index (χ0v) is 15.0. The lowest BCUT2D eigenvalue weighted by atomic mass is 10.1. The third-order valence-corrected chi connectivity index (χ3v) is 4.66. The predicted molar refractivity (Wildman–Crippen MR) is 95.3 cm³/mol. The zero-order chi connectivity index (χ0) is 15.9. The van der Waals surface area contributed by atoms with Crippen molar-refractivity contribution >= 4 is 19.0 Å². The Labute approximate surface area is 139 Å². The topological polar surface area (TPSA) is 18.5 Å². The molecule has 1 unspecified atom stereocenters. The van der Waals surface area contributed by atoms with Crippen molar-refractivity contribution in [3.8, 4) is 5.75 Å². The minimum atomic E-state index is -1.52. The molecule has 0 saturated heterocycles. The summed E-state index contributed by atoms with van der Waals surface area (Å²) in [4.78, 5) is 0. The largest absolute Gasteiger partial charge is 0.427 e. The summed E-state index contributed by atoms with van der Waals surface area (Å²) in [6.45, 7) is 6.27. The van der Waals surface area contributed by atoms with E-state index in [1.807, 2.05) is 25.1 Å². The van der Waals surface area contributed by atoms with E-state index in [4.69, 9.17) is 20.3 Å². The Balaban J connectivity index is 2.05. The number of benzene rings is 1. The molecule has 118 valence electrons. The van der Waals surface area contributed by atoms with E-state index in [9.17, 15) is 0 Å². The maximum Gasteiger partial charge on any atom is 0.401 e. The van der Waals surface area contributed by atoms with Crippen molar-refractivity contribution < 1.29 is 9.05 Å². The van der Waals surface area contributed by atoms with Crippen LogP contribution in [0, 0.1) is 6.92 Å². The normalized spacial score (nSPS) is 15.6. The highest BCUT2D eigenvalue weighted by atomic mass is 35.7. The second-order valence-electron chi connectivity index (χ2n) is 5.13. The van der Waals surface area contributed by atoms with Gasteiger partial charge >= 0.3 is 7.73 Å². The SMILES string of the molecule is CCC1=CCC=CC=C1OP(Cl)Oc1ccc(CC)cc1C. The van der Waals surface area contributed by atoms with E-state index in [1.54, 1.807) is 0 Å². The van der Waals surface area contributed by atoms with Gasteiger partial charge in [0.15, 0.2) is 0 Å². The predicted octanol–water partition coefficient (Wildman–Crippen LogP) is 6.60. The molecule has 1 aromatic rings. The molecule has 0 spiro atoms. The number of aryl methyl sites for hydroxylation is 2. The minimum Gasteiger partial charge on any atom is -0.427 e. The van der Waals surface area contributed by atoms with Gasteiger partial charge in [-0.2, -0.15) is 0 Å². The Morgan fingerprint density at radius 2 is 2.00 bits per heavy atom. The first-order chi connectivity index (χ1) is 10.6. The van der Waals surface area contributed by atoms with Gasteiger partial charge in [-0.3, -0.25) is 0 Å². The summed E-state index contributed by atoms with van der Waals surface area (Å²) in [7, 11) is -1.52. The lowest BCUT2D eigenvalue weighted by molar-refractivity contribution is 0.424. The molecule has 0 aromatic heterocycles. The maximum absolute atomic E-state index is 6.30. The first-order valence-electron chi connectivity index (χ1n) is 7.61. The van der Waals surface area contributed by atoms with Gasteiger partial charge in [-0.1, -0.05) is 44.2 Å². The molecule has 0 saturated carbocycles. The average Bonchev–Trinajstić information content (AvgIpc) is 2.74. The summed E-state index contributed by atoms with van der Waals surface area (Å²) in [5.41, 5.74) is 3.54. The monoisotopic (exact) mass is 336 g/mol. The van der Waals surface area contributed by atoms with E-state index in [1.165, 1.54) is 11.1 Å². The van der Waals surface area contributed by atoms with Gasteiger partial charge in [0.1, 0.15) is 11.5 Å². The third-order valence-electron chi connectivity index (χ3n) is 3.57. The van der Waals surface area contributed by atoms with Crippen molar-refractivity contribution in [2.24, 2.45) is 0 Å². The van der Waals surface area contributed by atoms with E-state index >= 15 is 0 Å². The Hall–Kier alpha value is -1.24. The molecule has 22 heavy (non-hydrogen) atoms. The molecule has 2 nitrogen and oxygen atoms in total. The summed E-state index contributed by atoms with van der Waals surface area (Å²) in [6.07, 6.45) is 11.1. The van der Waals surface area contributed by atoms with Crippen LogP contribution in [-0.4, -0.2) is 0 Å². The summed E-state index contributed by atoms with van der Waals surface area (Å²) >= 11 is 6.30. The van der Waals surface area contributed by atoms with Crippen molar-refractivity contribution in [2.45, 2.75) is 40.0 Å². The quantitative estimate of drug-likeness (QED) is 0.545. The number of rotatable bonds is 6. The molecule has 1 aliphatic carbocycles. The number of hydrogen-bond acceptors (Lipinski definition) is 2. The molecule has 0 amide bonds. The fourth-order valence-electron chi connectivity index (χ4n) is 2.27. The molecule has 4 heteroatoms. The first-order valence-corrected chi connectivity index (χ1v) is 9.69. The average molecular weight is 337 g/mol. The van der Waals surface area contributed by atoms with Crippen molar-refractivity contribution in [3.63, 3.8) is 0 Å².